The highest BCUT2D eigenvalue weighted by atomic mass is 32.1. The molecular weight excluding hydrogens is 397 g/mol. The van der Waals surface area contributed by atoms with Gasteiger partial charge in [0.15, 0.2) is 0 Å². The van der Waals surface area contributed by atoms with Crippen LogP contribution in [0.25, 0.3) is 0 Å². The summed E-state index contributed by atoms with van der Waals surface area (Å²) in [4.78, 5) is 23.5. The normalized spacial score (nSPS) is 27.5. The lowest BCUT2D eigenvalue weighted by atomic mass is 9.91. The Morgan fingerprint density at radius 2 is 2.04 bits per heavy atom. The van der Waals surface area contributed by atoms with Crippen LogP contribution < -0.4 is 5.32 Å². The third-order valence-electron chi connectivity index (χ3n) is 5.08. The smallest absolute Gasteiger partial charge is 0.475 e. The number of rotatable bonds is 4. The van der Waals surface area contributed by atoms with Crippen LogP contribution in [-0.2, 0) is 20.9 Å². The van der Waals surface area contributed by atoms with Gasteiger partial charge in [0, 0.05) is 19.1 Å². The van der Waals surface area contributed by atoms with Gasteiger partial charge in [0.25, 0.3) is 0 Å². The SMILES string of the molecule is O=C(NC1CC1)[C@@H]1C[C@@H]2CCN(Cc3ccsc3)C[C@@H]2O1.O=C(O)C(F)(F)F. The van der Waals surface area contributed by atoms with Gasteiger partial charge in [-0.15, -0.1) is 0 Å². The molecule has 2 N–H and O–H groups in total. The molecular formula is C18H23F3N2O4S. The maximum Gasteiger partial charge on any atom is 0.490 e. The van der Waals surface area contributed by atoms with Crippen molar-refractivity contribution in [2.24, 2.45) is 5.92 Å². The second kappa shape index (κ2) is 8.79. The van der Waals surface area contributed by atoms with Crippen molar-refractivity contribution in [3.8, 4) is 0 Å². The Morgan fingerprint density at radius 1 is 1.32 bits per heavy atom. The zero-order valence-electron chi connectivity index (χ0n) is 15.2. The van der Waals surface area contributed by atoms with Crippen LogP contribution in [0, 0.1) is 5.92 Å². The molecule has 0 radical (unpaired) electrons. The molecule has 3 aliphatic rings. The molecule has 0 spiro atoms. The Hall–Kier alpha value is -1.65. The lowest BCUT2D eigenvalue weighted by Crippen LogP contribution is -2.42. The van der Waals surface area contributed by atoms with E-state index in [2.05, 4.69) is 27.0 Å². The minimum absolute atomic E-state index is 0.122. The number of nitrogens with zero attached hydrogens (tertiary/aromatic N) is 1. The van der Waals surface area contributed by atoms with Crippen molar-refractivity contribution in [1.29, 1.82) is 0 Å². The standard InChI is InChI=1S/C16H22N2O2S.C2HF3O2/c19-16(17-13-1-2-13)14-7-12-3-5-18(9-15(12)20-14)8-11-4-6-21-10-11;3-2(4,5)1(6)7/h4,6,10,12-15H,1-3,5,7-9H2,(H,17,19);(H,6,7)/t12-,14-,15-;/m0./s1. The summed E-state index contributed by atoms with van der Waals surface area (Å²) in [6, 6.07) is 2.62. The first-order chi connectivity index (χ1) is 13.2. The van der Waals surface area contributed by atoms with E-state index in [4.69, 9.17) is 14.6 Å². The van der Waals surface area contributed by atoms with E-state index in [0.717, 1.165) is 45.3 Å². The summed E-state index contributed by atoms with van der Waals surface area (Å²) in [6.45, 7) is 3.10. The minimum atomic E-state index is -5.08. The predicted octanol–water partition coefficient (Wildman–Crippen LogP) is 2.64. The maximum absolute atomic E-state index is 12.1. The summed E-state index contributed by atoms with van der Waals surface area (Å²) >= 11 is 1.75. The first-order valence-corrected chi connectivity index (χ1v) is 10.2. The van der Waals surface area contributed by atoms with Crippen LogP contribution in [0.15, 0.2) is 16.8 Å². The fourth-order valence-corrected chi connectivity index (χ4v) is 4.13. The first-order valence-electron chi connectivity index (χ1n) is 9.21. The van der Waals surface area contributed by atoms with Crippen molar-refractivity contribution < 1.29 is 32.6 Å². The number of amides is 1. The average Bonchev–Trinajstić information content (AvgIpc) is 3.11. The molecule has 3 atom stereocenters. The van der Waals surface area contributed by atoms with Crippen LogP contribution in [0.1, 0.15) is 31.2 Å². The molecule has 1 saturated carbocycles. The van der Waals surface area contributed by atoms with E-state index in [1.54, 1.807) is 11.3 Å². The number of carbonyl (C=O) groups excluding carboxylic acids is 1. The van der Waals surface area contributed by atoms with Crippen molar-refractivity contribution in [2.45, 2.75) is 56.7 Å². The van der Waals surface area contributed by atoms with Gasteiger partial charge >= 0.3 is 12.1 Å². The maximum atomic E-state index is 12.1. The summed E-state index contributed by atoms with van der Waals surface area (Å²) in [5.74, 6) is -2.07. The van der Waals surface area contributed by atoms with Crippen molar-refractivity contribution >= 4 is 23.2 Å². The third kappa shape index (κ3) is 5.92. The first kappa shape index (κ1) is 21.1. The number of piperidine rings is 1. The number of halogens is 3. The van der Waals surface area contributed by atoms with Gasteiger partial charge in [0.2, 0.25) is 5.91 Å². The predicted molar refractivity (Wildman–Crippen MR) is 95.8 cm³/mol. The molecule has 2 saturated heterocycles. The van der Waals surface area contributed by atoms with Crippen LogP contribution in [0.2, 0.25) is 0 Å². The quantitative estimate of drug-likeness (QED) is 0.783. The van der Waals surface area contributed by atoms with Gasteiger partial charge < -0.3 is 15.2 Å². The van der Waals surface area contributed by atoms with Crippen molar-refractivity contribution in [3.05, 3.63) is 22.4 Å². The lowest BCUT2D eigenvalue weighted by molar-refractivity contribution is -0.192. The number of carbonyl (C=O) groups is 2. The Balaban J connectivity index is 0.000000279. The fourth-order valence-electron chi connectivity index (χ4n) is 3.47. The molecule has 156 valence electrons. The number of fused-ring (bicyclic) bond motifs is 1. The van der Waals surface area contributed by atoms with E-state index in [9.17, 15) is 18.0 Å². The highest BCUT2D eigenvalue weighted by Gasteiger charge is 2.42. The van der Waals surface area contributed by atoms with Crippen LogP contribution in [0.3, 0.4) is 0 Å². The second-order valence-electron chi connectivity index (χ2n) is 7.40. The summed E-state index contributed by atoms with van der Waals surface area (Å²) < 4.78 is 37.8. The number of ether oxygens (including phenoxy) is 1. The number of hydrogen-bond acceptors (Lipinski definition) is 5. The average molecular weight is 420 g/mol. The molecule has 0 bridgehead atoms. The van der Waals surface area contributed by atoms with Crippen molar-refractivity contribution in [1.82, 2.24) is 10.2 Å². The molecule has 0 aromatic carbocycles. The molecule has 1 aromatic rings. The van der Waals surface area contributed by atoms with Gasteiger partial charge in [-0.2, -0.15) is 24.5 Å². The number of carboxylic acid groups (broad SMARTS) is 1. The molecule has 1 amide bonds. The Kier molecular flexibility index (Phi) is 6.61. The fraction of sp³-hybridized carbons (Fsp3) is 0.667. The van der Waals surface area contributed by atoms with Crippen LogP contribution in [0.5, 0.6) is 0 Å². The minimum Gasteiger partial charge on any atom is -0.475 e. The van der Waals surface area contributed by atoms with Gasteiger partial charge in [-0.05, 0) is 60.5 Å². The van der Waals surface area contributed by atoms with E-state index in [0.29, 0.717) is 12.0 Å². The number of nitrogens with one attached hydrogen (secondary N) is 1. The third-order valence-corrected chi connectivity index (χ3v) is 5.81. The van der Waals surface area contributed by atoms with Gasteiger partial charge in [-0.1, -0.05) is 0 Å². The van der Waals surface area contributed by atoms with E-state index in [1.165, 1.54) is 5.56 Å². The molecule has 6 nitrogen and oxygen atoms in total. The largest absolute Gasteiger partial charge is 0.490 e. The summed E-state index contributed by atoms with van der Waals surface area (Å²) in [5, 5.41) is 14.5. The molecule has 3 heterocycles. The molecule has 2 aliphatic heterocycles. The molecule has 10 heteroatoms. The van der Waals surface area contributed by atoms with Crippen LogP contribution >= 0.6 is 11.3 Å². The highest BCUT2D eigenvalue weighted by molar-refractivity contribution is 7.07. The molecule has 1 aliphatic carbocycles. The van der Waals surface area contributed by atoms with Crippen molar-refractivity contribution in [2.75, 3.05) is 13.1 Å². The zero-order valence-corrected chi connectivity index (χ0v) is 16.0. The Bertz CT molecular complexity index is 679. The number of hydrogen-bond donors (Lipinski definition) is 2. The highest BCUT2D eigenvalue weighted by Crippen LogP contribution is 2.34. The van der Waals surface area contributed by atoms with E-state index in [1.807, 2.05) is 0 Å². The number of carboxylic acids is 1. The van der Waals surface area contributed by atoms with Crippen molar-refractivity contribution in [3.63, 3.8) is 0 Å². The summed E-state index contributed by atoms with van der Waals surface area (Å²) in [7, 11) is 0. The Morgan fingerprint density at radius 3 is 2.61 bits per heavy atom. The van der Waals surface area contributed by atoms with E-state index >= 15 is 0 Å². The summed E-state index contributed by atoms with van der Waals surface area (Å²) in [6.07, 6.45) is -0.703. The monoisotopic (exact) mass is 420 g/mol. The molecule has 3 fully saturated rings. The number of thiophene rings is 1. The van der Waals surface area contributed by atoms with E-state index in [-0.39, 0.29) is 18.1 Å². The topological polar surface area (TPSA) is 78.9 Å². The second-order valence-corrected chi connectivity index (χ2v) is 8.18. The number of alkyl halides is 3. The number of likely N-dealkylation sites (tertiary alicyclic amines) is 1. The summed E-state index contributed by atoms with van der Waals surface area (Å²) in [5.41, 5.74) is 1.39. The van der Waals surface area contributed by atoms with Gasteiger partial charge in [-0.25, -0.2) is 4.79 Å². The lowest BCUT2D eigenvalue weighted by Gasteiger charge is -2.33. The van der Waals surface area contributed by atoms with Gasteiger partial charge in [0.05, 0.1) is 6.10 Å². The van der Waals surface area contributed by atoms with Crippen LogP contribution in [0.4, 0.5) is 13.2 Å². The molecule has 28 heavy (non-hydrogen) atoms. The Labute approximate surface area is 164 Å². The molecule has 0 unspecified atom stereocenters. The molecule has 1 aromatic heterocycles. The van der Waals surface area contributed by atoms with E-state index < -0.39 is 12.1 Å². The molecule has 4 rings (SSSR count). The van der Waals surface area contributed by atoms with Gasteiger partial charge in [0.1, 0.15) is 6.10 Å². The zero-order chi connectivity index (χ0) is 20.3. The van der Waals surface area contributed by atoms with Gasteiger partial charge in [-0.3, -0.25) is 9.69 Å². The van der Waals surface area contributed by atoms with Crippen LogP contribution in [-0.4, -0.2) is 59.4 Å². The number of aliphatic carboxylic acids is 1.